The van der Waals surface area contributed by atoms with Crippen molar-refractivity contribution in [1.82, 2.24) is 10.6 Å². The average Bonchev–Trinajstić information content (AvgIpc) is 3.07. The van der Waals surface area contributed by atoms with Gasteiger partial charge in [0.1, 0.15) is 12.6 Å². The monoisotopic (exact) mass is 472 g/mol. The molecule has 1 heterocycles. The molecule has 4 rings (SSSR count). The zero-order valence-electron chi connectivity index (χ0n) is 17.7. The van der Waals surface area contributed by atoms with Crippen LogP contribution in [0.4, 0.5) is 4.79 Å². The fraction of sp³-hybridized carbons (Fsp3) is 0.348. The molecule has 1 unspecified atom stereocenters. The van der Waals surface area contributed by atoms with E-state index in [1.165, 1.54) is 0 Å². The molecule has 0 bridgehead atoms. The zero-order chi connectivity index (χ0) is 23.6. The molecule has 1 atom stereocenters. The molecule has 1 aliphatic heterocycles. The van der Waals surface area contributed by atoms with Gasteiger partial charge in [-0.05, 0) is 28.7 Å². The van der Waals surface area contributed by atoms with E-state index in [2.05, 4.69) is 10.6 Å². The van der Waals surface area contributed by atoms with E-state index >= 15 is 0 Å². The maximum absolute atomic E-state index is 12.5. The third-order valence-corrected chi connectivity index (χ3v) is 7.68. The molecule has 2 aromatic rings. The molecule has 0 aromatic heterocycles. The number of amides is 2. The predicted molar refractivity (Wildman–Crippen MR) is 119 cm³/mol. The third kappa shape index (κ3) is 5.16. The van der Waals surface area contributed by atoms with Crippen molar-refractivity contribution >= 4 is 27.8 Å². The number of carbonyl (C=O) groups is 3. The summed E-state index contributed by atoms with van der Waals surface area (Å²) in [6.07, 6.45) is -1.33. The van der Waals surface area contributed by atoms with Gasteiger partial charge in [-0.2, -0.15) is 0 Å². The van der Waals surface area contributed by atoms with Crippen LogP contribution in [0.3, 0.4) is 0 Å². The van der Waals surface area contributed by atoms with E-state index in [0.717, 1.165) is 22.3 Å². The van der Waals surface area contributed by atoms with Crippen LogP contribution in [-0.2, 0) is 24.2 Å². The highest BCUT2D eigenvalue weighted by atomic mass is 32.2. The van der Waals surface area contributed by atoms with Crippen LogP contribution in [0.5, 0.6) is 0 Å². The Labute approximate surface area is 191 Å². The molecule has 2 amide bonds. The van der Waals surface area contributed by atoms with Crippen LogP contribution in [0.1, 0.15) is 29.9 Å². The SMILES string of the molecule is O=C(O)CCC(NC(=O)OCC1c2ccccc2-c2ccccc21)C(=O)NC1CS(=O)(=O)C1. The average molecular weight is 473 g/mol. The molecule has 2 aliphatic rings. The van der Waals surface area contributed by atoms with Crippen LogP contribution in [0.15, 0.2) is 48.5 Å². The molecule has 1 fully saturated rings. The van der Waals surface area contributed by atoms with E-state index in [-0.39, 0.29) is 36.9 Å². The van der Waals surface area contributed by atoms with Gasteiger partial charge in [-0.3, -0.25) is 9.59 Å². The van der Waals surface area contributed by atoms with Crippen LogP contribution in [0.25, 0.3) is 11.1 Å². The molecule has 10 heteroatoms. The minimum atomic E-state index is -3.14. The molecular formula is C23H24N2O7S. The van der Waals surface area contributed by atoms with Gasteiger partial charge >= 0.3 is 12.1 Å². The van der Waals surface area contributed by atoms with E-state index in [0.29, 0.717) is 0 Å². The summed E-state index contributed by atoms with van der Waals surface area (Å²) in [6.45, 7) is 0.0496. The highest BCUT2D eigenvalue weighted by Crippen LogP contribution is 2.44. The van der Waals surface area contributed by atoms with Crippen molar-refractivity contribution in [2.24, 2.45) is 0 Å². The second-order valence-corrected chi connectivity index (χ2v) is 10.4. The Morgan fingerprint density at radius 2 is 1.58 bits per heavy atom. The maximum Gasteiger partial charge on any atom is 0.407 e. The van der Waals surface area contributed by atoms with Gasteiger partial charge in [-0.15, -0.1) is 0 Å². The van der Waals surface area contributed by atoms with Gasteiger partial charge in [0.05, 0.1) is 17.5 Å². The van der Waals surface area contributed by atoms with E-state index in [1.807, 2.05) is 48.5 Å². The van der Waals surface area contributed by atoms with Gasteiger partial charge in [0, 0.05) is 12.3 Å². The van der Waals surface area contributed by atoms with Crippen molar-refractivity contribution in [3.8, 4) is 11.1 Å². The Morgan fingerprint density at radius 3 is 2.12 bits per heavy atom. The maximum atomic E-state index is 12.5. The summed E-state index contributed by atoms with van der Waals surface area (Å²) in [5.74, 6) is -2.25. The Kier molecular flexibility index (Phi) is 6.37. The van der Waals surface area contributed by atoms with Crippen molar-refractivity contribution in [2.45, 2.75) is 30.8 Å². The van der Waals surface area contributed by atoms with Crippen LogP contribution < -0.4 is 10.6 Å². The normalized spacial score (nSPS) is 17.2. The van der Waals surface area contributed by atoms with Crippen molar-refractivity contribution in [3.63, 3.8) is 0 Å². The van der Waals surface area contributed by atoms with Gasteiger partial charge in [-0.25, -0.2) is 13.2 Å². The fourth-order valence-corrected chi connectivity index (χ4v) is 5.56. The molecule has 3 N–H and O–H groups in total. The van der Waals surface area contributed by atoms with E-state index in [4.69, 9.17) is 9.84 Å². The first-order chi connectivity index (χ1) is 15.7. The topological polar surface area (TPSA) is 139 Å². The highest BCUT2D eigenvalue weighted by molar-refractivity contribution is 7.92. The Balaban J connectivity index is 1.39. The molecule has 0 spiro atoms. The fourth-order valence-electron chi connectivity index (χ4n) is 4.27. The van der Waals surface area contributed by atoms with Gasteiger partial charge < -0.3 is 20.5 Å². The molecule has 1 saturated heterocycles. The summed E-state index contributed by atoms with van der Waals surface area (Å²) in [7, 11) is -3.14. The second kappa shape index (κ2) is 9.22. The number of nitrogens with one attached hydrogen (secondary N) is 2. The Morgan fingerprint density at radius 1 is 1.00 bits per heavy atom. The van der Waals surface area contributed by atoms with Gasteiger partial charge in [0.2, 0.25) is 5.91 Å². The first-order valence-electron chi connectivity index (χ1n) is 10.6. The summed E-state index contributed by atoms with van der Waals surface area (Å²) >= 11 is 0. The summed E-state index contributed by atoms with van der Waals surface area (Å²) in [5.41, 5.74) is 4.24. The number of hydrogen-bond acceptors (Lipinski definition) is 6. The number of ether oxygens (including phenoxy) is 1. The minimum Gasteiger partial charge on any atom is -0.481 e. The lowest BCUT2D eigenvalue weighted by Crippen LogP contribution is -2.57. The number of benzene rings is 2. The number of alkyl carbamates (subject to hydrolysis) is 1. The standard InChI is InChI=1S/C23H24N2O7S/c26-21(27)10-9-20(22(28)24-14-12-33(30,31)13-14)25-23(29)32-11-19-17-7-3-1-5-15(17)16-6-2-4-8-18(16)19/h1-8,14,19-20H,9-13H2,(H,24,28)(H,25,29)(H,26,27). The summed E-state index contributed by atoms with van der Waals surface area (Å²) < 4.78 is 28.1. The van der Waals surface area contributed by atoms with Crippen molar-refractivity contribution < 1.29 is 32.6 Å². The van der Waals surface area contributed by atoms with Gasteiger partial charge in [0.15, 0.2) is 9.84 Å². The highest BCUT2D eigenvalue weighted by Gasteiger charge is 2.36. The summed E-state index contributed by atoms with van der Waals surface area (Å²) in [6, 6.07) is 14.0. The number of carboxylic acid groups (broad SMARTS) is 1. The number of rotatable bonds is 8. The molecule has 1 aliphatic carbocycles. The Bertz CT molecular complexity index is 1140. The van der Waals surface area contributed by atoms with Crippen molar-refractivity contribution in [3.05, 3.63) is 59.7 Å². The lowest BCUT2D eigenvalue weighted by Gasteiger charge is -2.28. The first kappa shape index (κ1) is 22.8. The Hall–Kier alpha value is -3.40. The molecule has 9 nitrogen and oxygen atoms in total. The number of sulfone groups is 1. The van der Waals surface area contributed by atoms with Crippen LogP contribution in [0, 0.1) is 0 Å². The predicted octanol–water partition coefficient (Wildman–Crippen LogP) is 1.67. The summed E-state index contributed by atoms with van der Waals surface area (Å²) in [4.78, 5) is 36.0. The molecular weight excluding hydrogens is 448 g/mol. The van der Waals surface area contributed by atoms with E-state index in [9.17, 15) is 22.8 Å². The lowest BCUT2D eigenvalue weighted by molar-refractivity contribution is -0.137. The number of hydrogen-bond donors (Lipinski definition) is 3. The van der Waals surface area contributed by atoms with Gasteiger partial charge in [-0.1, -0.05) is 48.5 Å². The number of carboxylic acids is 1. The third-order valence-electron chi connectivity index (χ3n) is 5.86. The molecule has 174 valence electrons. The number of carbonyl (C=O) groups excluding carboxylic acids is 2. The van der Waals surface area contributed by atoms with E-state index < -0.39 is 39.9 Å². The first-order valence-corrected chi connectivity index (χ1v) is 12.4. The second-order valence-electron chi connectivity index (χ2n) is 8.24. The zero-order valence-corrected chi connectivity index (χ0v) is 18.5. The number of aliphatic carboxylic acids is 1. The molecule has 2 aromatic carbocycles. The quantitative estimate of drug-likeness (QED) is 0.531. The largest absolute Gasteiger partial charge is 0.481 e. The van der Waals surface area contributed by atoms with Crippen LogP contribution >= 0.6 is 0 Å². The lowest BCUT2D eigenvalue weighted by atomic mass is 9.98. The smallest absolute Gasteiger partial charge is 0.407 e. The molecule has 33 heavy (non-hydrogen) atoms. The summed E-state index contributed by atoms with van der Waals surface area (Å²) in [5, 5.41) is 13.9. The molecule has 0 saturated carbocycles. The van der Waals surface area contributed by atoms with Crippen LogP contribution in [-0.4, -0.2) is 61.7 Å². The van der Waals surface area contributed by atoms with E-state index in [1.54, 1.807) is 0 Å². The van der Waals surface area contributed by atoms with Crippen LogP contribution in [0.2, 0.25) is 0 Å². The van der Waals surface area contributed by atoms with Crippen molar-refractivity contribution in [1.29, 1.82) is 0 Å². The van der Waals surface area contributed by atoms with Crippen molar-refractivity contribution in [2.75, 3.05) is 18.1 Å². The van der Waals surface area contributed by atoms with Gasteiger partial charge in [0.25, 0.3) is 0 Å². The number of fused-ring (bicyclic) bond motifs is 3. The minimum absolute atomic E-state index is 0.0496. The molecule has 0 radical (unpaired) electrons.